The van der Waals surface area contributed by atoms with E-state index in [1.54, 1.807) is 0 Å². The predicted molar refractivity (Wildman–Crippen MR) is 71.3 cm³/mol. The largest absolute Gasteiger partial charge is 0.433 e. The minimum Gasteiger partial charge on any atom is -0.357 e. The molecule has 0 fully saturated rings. The molecular weight excluding hydrogens is 326 g/mol. The number of hydrogen-bond acceptors (Lipinski definition) is 4. The number of rotatable bonds is 3. The van der Waals surface area contributed by atoms with Gasteiger partial charge in [0.05, 0.1) is 5.56 Å². The van der Waals surface area contributed by atoms with Gasteiger partial charge in [0.15, 0.2) is 5.69 Å². The molecule has 2 rings (SSSR count). The zero-order valence-corrected chi connectivity index (χ0v) is 11.5. The van der Waals surface area contributed by atoms with Crippen molar-refractivity contribution in [2.45, 2.75) is 12.4 Å². The highest BCUT2D eigenvalue weighted by Crippen LogP contribution is 2.32. The molecule has 0 aliphatic heterocycles. The van der Waals surface area contributed by atoms with Crippen LogP contribution in [0.2, 0.25) is 0 Å². The van der Waals surface area contributed by atoms with Crippen molar-refractivity contribution in [3.63, 3.8) is 0 Å². The Labute approximate surface area is 126 Å². The van der Waals surface area contributed by atoms with Gasteiger partial charge < -0.3 is 10.6 Å². The smallest absolute Gasteiger partial charge is 0.357 e. The lowest BCUT2D eigenvalue weighted by molar-refractivity contribution is -0.141. The van der Waals surface area contributed by atoms with Gasteiger partial charge in [-0.1, -0.05) is 0 Å². The Bertz CT molecular complexity index is 678. The third-order valence-corrected chi connectivity index (χ3v) is 2.72. The summed E-state index contributed by atoms with van der Waals surface area (Å²) in [4.78, 5) is 7.05. The van der Waals surface area contributed by atoms with Crippen LogP contribution < -0.4 is 10.6 Å². The fourth-order valence-electron chi connectivity index (χ4n) is 1.66. The Hall–Kier alpha value is -2.52. The Balaban J connectivity index is 2.29. The van der Waals surface area contributed by atoms with Crippen LogP contribution in [0.4, 0.5) is 43.8 Å². The molecule has 4 nitrogen and oxygen atoms in total. The van der Waals surface area contributed by atoms with E-state index in [0.29, 0.717) is 6.07 Å². The second-order valence-electron chi connectivity index (χ2n) is 4.41. The summed E-state index contributed by atoms with van der Waals surface area (Å²) in [6.07, 6.45) is -9.17. The average molecular weight is 336 g/mol. The number of aromatic nitrogens is 2. The lowest BCUT2D eigenvalue weighted by atomic mass is 10.2. The number of alkyl halides is 6. The first-order valence-electron chi connectivity index (χ1n) is 6.18. The van der Waals surface area contributed by atoms with Gasteiger partial charge in [-0.3, -0.25) is 0 Å². The van der Waals surface area contributed by atoms with Gasteiger partial charge in [0.25, 0.3) is 0 Å². The molecule has 0 bridgehead atoms. The van der Waals surface area contributed by atoms with Crippen LogP contribution in [-0.2, 0) is 12.4 Å². The van der Waals surface area contributed by atoms with Crippen molar-refractivity contribution < 1.29 is 26.3 Å². The van der Waals surface area contributed by atoms with Gasteiger partial charge in [-0.25, -0.2) is 4.98 Å². The molecule has 0 aliphatic rings. The summed E-state index contributed by atoms with van der Waals surface area (Å²) in [6.45, 7) is 0. The molecule has 0 aliphatic carbocycles. The second-order valence-corrected chi connectivity index (χ2v) is 4.41. The molecule has 0 atom stereocenters. The third kappa shape index (κ3) is 4.24. The van der Waals surface area contributed by atoms with Crippen LogP contribution in [0.3, 0.4) is 0 Å². The van der Waals surface area contributed by atoms with Crippen molar-refractivity contribution in [2.75, 3.05) is 17.7 Å². The van der Waals surface area contributed by atoms with E-state index in [4.69, 9.17) is 0 Å². The van der Waals surface area contributed by atoms with Gasteiger partial charge in [-0.2, -0.15) is 31.3 Å². The zero-order valence-electron chi connectivity index (χ0n) is 11.5. The first-order valence-corrected chi connectivity index (χ1v) is 6.18. The number of anilines is 3. The van der Waals surface area contributed by atoms with E-state index in [9.17, 15) is 26.3 Å². The van der Waals surface area contributed by atoms with Crippen molar-refractivity contribution in [2.24, 2.45) is 0 Å². The summed E-state index contributed by atoms with van der Waals surface area (Å²) in [5, 5.41) is 4.89. The number of nitrogens with zero attached hydrogens (tertiary/aromatic N) is 2. The Morgan fingerprint density at radius 1 is 0.870 bits per heavy atom. The lowest BCUT2D eigenvalue weighted by Gasteiger charge is -2.12. The van der Waals surface area contributed by atoms with Crippen LogP contribution in [0.15, 0.2) is 30.3 Å². The van der Waals surface area contributed by atoms with E-state index >= 15 is 0 Å². The molecule has 0 amide bonds. The number of nitrogens with one attached hydrogen (secondary N) is 2. The summed E-state index contributed by atoms with van der Waals surface area (Å²) in [7, 11) is 1.34. The molecule has 1 aromatic heterocycles. The van der Waals surface area contributed by atoms with Crippen molar-refractivity contribution >= 4 is 17.5 Å². The van der Waals surface area contributed by atoms with Crippen molar-refractivity contribution in [3.8, 4) is 0 Å². The highest BCUT2D eigenvalue weighted by Gasteiger charge is 2.34. The van der Waals surface area contributed by atoms with Gasteiger partial charge >= 0.3 is 12.4 Å². The quantitative estimate of drug-likeness (QED) is 0.821. The van der Waals surface area contributed by atoms with Gasteiger partial charge in [0.1, 0.15) is 5.82 Å². The highest BCUT2D eigenvalue weighted by atomic mass is 19.4. The van der Waals surface area contributed by atoms with Crippen molar-refractivity contribution in [3.05, 3.63) is 41.6 Å². The number of hydrogen-bond donors (Lipinski definition) is 2. The summed E-state index contributed by atoms with van der Waals surface area (Å²) < 4.78 is 75.6. The van der Waals surface area contributed by atoms with Crippen LogP contribution in [-0.4, -0.2) is 17.0 Å². The molecule has 0 spiro atoms. The standard InChI is InChI=1S/C13H10F6N4/c1-20-11-22-9(13(17,18)19)6-10(23-11)21-8-4-2-7(3-5-8)12(14,15)16/h2-6H,1H3,(H2,20,21,22,23). The molecule has 1 heterocycles. The van der Waals surface area contributed by atoms with E-state index < -0.39 is 23.6 Å². The third-order valence-electron chi connectivity index (χ3n) is 2.72. The molecule has 124 valence electrons. The van der Waals surface area contributed by atoms with Gasteiger partial charge in [0, 0.05) is 18.8 Å². The molecule has 0 radical (unpaired) electrons. The fourth-order valence-corrected chi connectivity index (χ4v) is 1.66. The monoisotopic (exact) mass is 336 g/mol. The van der Waals surface area contributed by atoms with Gasteiger partial charge in [-0.15, -0.1) is 0 Å². The maximum absolute atomic E-state index is 12.7. The molecule has 0 saturated carbocycles. The molecular formula is C13H10F6N4. The molecule has 23 heavy (non-hydrogen) atoms. The second kappa shape index (κ2) is 5.94. The molecule has 0 unspecified atom stereocenters. The first-order chi connectivity index (χ1) is 10.6. The summed E-state index contributed by atoms with van der Waals surface area (Å²) in [5.74, 6) is -0.467. The van der Waals surface area contributed by atoms with Crippen molar-refractivity contribution in [1.82, 2.24) is 9.97 Å². The van der Waals surface area contributed by atoms with E-state index in [2.05, 4.69) is 20.6 Å². The first kappa shape index (κ1) is 16.8. The maximum atomic E-state index is 12.7. The van der Waals surface area contributed by atoms with E-state index in [-0.39, 0.29) is 17.5 Å². The lowest BCUT2D eigenvalue weighted by Crippen LogP contribution is -2.12. The molecule has 2 N–H and O–H groups in total. The van der Waals surface area contributed by atoms with E-state index in [1.807, 2.05) is 0 Å². The van der Waals surface area contributed by atoms with E-state index in [0.717, 1.165) is 24.3 Å². The fraction of sp³-hybridized carbons (Fsp3) is 0.231. The number of halogens is 6. The Morgan fingerprint density at radius 3 is 1.96 bits per heavy atom. The minimum absolute atomic E-state index is 0.159. The zero-order chi connectivity index (χ0) is 17.3. The van der Waals surface area contributed by atoms with E-state index in [1.165, 1.54) is 7.05 Å². The topological polar surface area (TPSA) is 49.8 Å². The van der Waals surface area contributed by atoms with Crippen molar-refractivity contribution in [1.29, 1.82) is 0 Å². The van der Waals surface area contributed by atoms with Crippen LogP contribution in [0.25, 0.3) is 0 Å². The number of benzene rings is 1. The average Bonchev–Trinajstić information content (AvgIpc) is 2.45. The molecule has 2 aromatic rings. The Kier molecular flexibility index (Phi) is 4.35. The molecule has 0 saturated heterocycles. The highest BCUT2D eigenvalue weighted by molar-refractivity contribution is 5.58. The van der Waals surface area contributed by atoms with Crippen LogP contribution >= 0.6 is 0 Å². The van der Waals surface area contributed by atoms with Crippen LogP contribution in [0.1, 0.15) is 11.3 Å². The normalized spacial score (nSPS) is 12.1. The van der Waals surface area contributed by atoms with Gasteiger partial charge in [-0.05, 0) is 24.3 Å². The SMILES string of the molecule is CNc1nc(Nc2ccc(C(F)(F)F)cc2)cc(C(F)(F)F)n1. The van der Waals surface area contributed by atoms with Crippen LogP contribution in [0, 0.1) is 0 Å². The summed E-state index contributed by atoms with van der Waals surface area (Å²) in [5.41, 5.74) is -1.88. The summed E-state index contributed by atoms with van der Waals surface area (Å²) in [6, 6.07) is 4.48. The maximum Gasteiger partial charge on any atom is 0.433 e. The molecule has 1 aromatic carbocycles. The van der Waals surface area contributed by atoms with Crippen LogP contribution in [0.5, 0.6) is 0 Å². The minimum atomic E-state index is -4.68. The predicted octanol–water partition coefficient (Wildman–Crippen LogP) is 4.30. The summed E-state index contributed by atoms with van der Waals surface area (Å²) >= 11 is 0. The van der Waals surface area contributed by atoms with Gasteiger partial charge in [0.2, 0.25) is 5.95 Å². The molecule has 10 heteroatoms. The Morgan fingerprint density at radius 2 is 1.48 bits per heavy atom.